The molecule has 4 heteroatoms. The summed E-state index contributed by atoms with van der Waals surface area (Å²) >= 11 is 0. The van der Waals surface area contributed by atoms with Crippen LogP contribution < -0.4 is 4.74 Å². The first-order chi connectivity index (χ1) is 6.99. The number of ether oxygens (including phenoxy) is 1. The standard InChI is InChI=1S/C11H13F3O/c1-3-10(11(12,13)14)8-4-6-9(15-2)7-5-8/h4-7,10H,3H2,1-2H3. The van der Waals surface area contributed by atoms with Gasteiger partial charge in [0.05, 0.1) is 13.0 Å². The van der Waals surface area contributed by atoms with Crippen molar-refractivity contribution in [2.75, 3.05) is 7.11 Å². The molecular formula is C11H13F3O. The van der Waals surface area contributed by atoms with Gasteiger partial charge in [0.2, 0.25) is 0 Å². The van der Waals surface area contributed by atoms with Crippen molar-refractivity contribution in [1.82, 2.24) is 0 Å². The van der Waals surface area contributed by atoms with E-state index < -0.39 is 12.1 Å². The average molecular weight is 218 g/mol. The van der Waals surface area contributed by atoms with Crippen molar-refractivity contribution in [3.8, 4) is 5.75 Å². The second-order valence-electron chi connectivity index (χ2n) is 3.28. The summed E-state index contributed by atoms with van der Waals surface area (Å²) in [6, 6.07) is 6.01. The highest BCUT2D eigenvalue weighted by atomic mass is 19.4. The van der Waals surface area contributed by atoms with Crippen molar-refractivity contribution < 1.29 is 17.9 Å². The number of rotatable bonds is 3. The fraction of sp³-hybridized carbons (Fsp3) is 0.455. The molecule has 1 aromatic rings. The van der Waals surface area contributed by atoms with Gasteiger partial charge in [0, 0.05) is 0 Å². The van der Waals surface area contributed by atoms with Gasteiger partial charge in [-0.1, -0.05) is 19.1 Å². The molecule has 0 radical (unpaired) electrons. The van der Waals surface area contributed by atoms with Crippen molar-refractivity contribution in [2.24, 2.45) is 0 Å². The van der Waals surface area contributed by atoms with Gasteiger partial charge in [0.25, 0.3) is 0 Å². The molecule has 0 aliphatic rings. The Morgan fingerprint density at radius 1 is 1.20 bits per heavy atom. The normalized spacial score (nSPS) is 13.7. The molecule has 1 unspecified atom stereocenters. The lowest BCUT2D eigenvalue weighted by molar-refractivity contribution is -0.151. The van der Waals surface area contributed by atoms with Crippen LogP contribution in [0.4, 0.5) is 13.2 Å². The topological polar surface area (TPSA) is 9.23 Å². The van der Waals surface area contributed by atoms with Gasteiger partial charge in [-0.2, -0.15) is 13.2 Å². The van der Waals surface area contributed by atoms with E-state index in [-0.39, 0.29) is 12.0 Å². The molecule has 0 spiro atoms. The Labute approximate surface area is 86.9 Å². The third-order valence-corrected chi connectivity index (χ3v) is 2.32. The highest BCUT2D eigenvalue weighted by Gasteiger charge is 2.39. The Bertz CT molecular complexity index is 303. The molecule has 0 heterocycles. The SMILES string of the molecule is CCC(c1ccc(OC)cc1)C(F)(F)F. The summed E-state index contributed by atoms with van der Waals surface area (Å²) in [5.41, 5.74) is 0.283. The predicted molar refractivity (Wildman–Crippen MR) is 52.1 cm³/mol. The molecule has 1 atom stereocenters. The summed E-state index contributed by atoms with van der Waals surface area (Å²) in [6.07, 6.45) is -4.13. The summed E-state index contributed by atoms with van der Waals surface area (Å²) in [5, 5.41) is 0. The van der Waals surface area contributed by atoms with E-state index in [1.165, 1.54) is 26.2 Å². The molecule has 1 aromatic carbocycles. The van der Waals surface area contributed by atoms with E-state index in [0.29, 0.717) is 5.75 Å². The second-order valence-corrected chi connectivity index (χ2v) is 3.28. The molecule has 0 bridgehead atoms. The Balaban J connectivity index is 2.93. The zero-order chi connectivity index (χ0) is 11.5. The maximum atomic E-state index is 12.6. The van der Waals surface area contributed by atoms with Crippen LogP contribution in [0.15, 0.2) is 24.3 Å². The lowest BCUT2D eigenvalue weighted by Gasteiger charge is -2.19. The molecule has 0 aliphatic carbocycles. The molecular weight excluding hydrogens is 205 g/mol. The zero-order valence-electron chi connectivity index (χ0n) is 8.64. The number of hydrogen-bond donors (Lipinski definition) is 0. The van der Waals surface area contributed by atoms with Gasteiger partial charge >= 0.3 is 6.18 Å². The fourth-order valence-corrected chi connectivity index (χ4v) is 1.49. The summed E-state index contributed by atoms with van der Waals surface area (Å²) < 4.78 is 42.6. The average Bonchev–Trinajstić information content (AvgIpc) is 2.18. The quantitative estimate of drug-likeness (QED) is 0.750. The molecule has 84 valence electrons. The minimum absolute atomic E-state index is 0.0514. The minimum Gasteiger partial charge on any atom is -0.497 e. The van der Waals surface area contributed by atoms with E-state index in [2.05, 4.69) is 0 Å². The first-order valence-corrected chi connectivity index (χ1v) is 4.69. The Morgan fingerprint density at radius 2 is 1.73 bits per heavy atom. The number of benzene rings is 1. The van der Waals surface area contributed by atoms with Crippen LogP contribution in [0.1, 0.15) is 24.8 Å². The van der Waals surface area contributed by atoms with Gasteiger partial charge in [-0.15, -0.1) is 0 Å². The first-order valence-electron chi connectivity index (χ1n) is 4.69. The van der Waals surface area contributed by atoms with E-state index in [9.17, 15) is 13.2 Å². The third-order valence-electron chi connectivity index (χ3n) is 2.32. The summed E-state index contributed by atoms with van der Waals surface area (Å²) in [6.45, 7) is 1.53. The van der Waals surface area contributed by atoms with Gasteiger partial charge in [-0.25, -0.2) is 0 Å². The third kappa shape index (κ3) is 2.88. The summed E-state index contributed by atoms with van der Waals surface area (Å²) in [7, 11) is 1.48. The van der Waals surface area contributed by atoms with Crippen LogP contribution in [0.2, 0.25) is 0 Å². The van der Waals surface area contributed by atoms with Crippen LogP contribution in [0.5, 0.6) is 5.75 Å². The van der Waals surface area contributed by atoms with Crippen molar-refractivity contribution in [3.05, 3.63) is 29.8 Å². The summed E-state index contributed by atoms with van der Waals surface area (Å²) in [5.74, 6) is -0.820. The van der Waals surface area contributed by atoms with Crippen LogP contribution in [0.25, 0.3) is 0 Å². The van der Waals surface area contributed by atoms with Crippen LogP contribution in [-0.2, 0) is 0 Å². The lowest BCUT2D eigenvalue weighted by atomic mass is 9.96. The van der Waals surface area contributed by atoms with Gasteiger partial charge in [0.1, 0.15) is 5.75 Å². The molecule has 0 saturated heterocycles. The molecule has 15 heavy (non-hydrogen) atoms. The first kappa shape index (κ1) is 11.9. The van der Waals surface area contributed by atoms with Gasteiger partial charge in [-0.3, -0.25) is 0 Å². The smallest absolute Gasteiger partial charge is 0.395 e. The van der Waals surface area contributed by atoms with E-state index in [4.69, 9.17) is 4.74 Å². The maximum absolute atomic E-state index is 12.6. The molecule has 1 rings (SSSR count). The zero-order valence-corrected chi connectivity index (χ0v) is 8.64. The molecule has 0 fully saturated rings. The van der Waals surface area contributed by atoms with Crippen molar-refractivity contribution in [3.63, 3.8) is 0 Å². The maximum Gasteiger partial charge on any atom is 0.395 e. The van der Waals surface area contributed by atoms with Crippen LogP contribution in [0.3, 0.4) is 0 Å². The van der Waals surface area contributed by atoms with Crippen LogP contribution in [0, 0.1) is 0 Å². The molecule has 0 saturated carbocycles. The predicted octanol–water partition coefficient (Wildman–Crippen LogP) is 3.75. The highest BCUT2D eigenvalue weighted by Crippen LogP contribution is 2.37. The number of halogens is 3. The van der Waals surface area contributed by atoms with E-state index in [1.807, 2.05) is 0 Å². The number of methoxy groups -OCH3 is 1. The second kappa shape index (κ2) is 4.55. The van der Waals surface area contributed by atoms with E-state index >= 15 is 0 Å². The van der Waals surface area contributed by atoms with Crippen LogP contribution in [-0.4, -0.2) is 13.3 Å². The monoisotopic (exact) mass is 218 g/mol. The van der Waals surface area contributed by atoms with Gasteiger partial charge in [-0.05, 0) is 24.1 Å². The molecule has 0 amide bonds. The number of hydrogen-bond acceptors (Lipinski definition) is 1. The van der Waals surface area contributed by atoms with Crippen molar-refractivity contribution in [2.45, 2.75) is 25.4 Å². The molecule has 0 aromatic heterocycles. The van der Waals surface area contributed by atoms with Gasteiger partial charge in [0.15, 0.2) is 0 Å². The van der Waals surface area contributed by atoms with Gasteiger partial charge < -0.3 is 4.74 Å². The lowest BCUT2D eigenvalue weighted by Crippen LogP contribution is -2.19. The van der Waals surface area contributed by atoms with Crippen molar-refractivity contribution in [1.29, 1.82) is 0 Å². The Hall–Kier alpha value is -1.19. The van der Waals surface area contributed by atoms with Crippen LogP contribution >= 0.6 is 0 Å². The molecule has 1 nitrogen and oxygen atoms in total. The summed E-state index contributed by atoms with van der Waals surface area (Å²) in [4.78, 5) is 0. The van der Waals surface area contributed by atoms with E-state index in [0.717, 1.165) is 0 Å². The molecule has 0 aliphatic heterocycles. The van der Waals surface area contributed by atoms with Crippen molar-refractivity contribution >= 4 is 0 Å². The fourth-order valence-electron chi connectivity index (χ4n) is 1.49. The van der Waals surface area contributed by atoms with E-state index in [1.54, 1.807) is 12.1 Å². The largest absolute Gasteiger partial charge is 0.497 e. The molecule has 0 N–H and O–H groups in total. The number of alkyl halides is 3. The Kier molecular flexibility index (Phi) is 3.61. The minimum atomic E-state index is -4.18. The Morgan fingerprint density at radius 3 is 2.07 bits per heavy atom. The highest BCUT2D eigenvalue weighted by molar-refractivity contribution is 5.30.